The Hall–Kier alpha value is -1.58. The summed E-state index contributed by atoms with van der Waals surface area (Å²) in [6.45, 7) is 7.98. The molecular weight excluding hydrogens is 262 g/mol. The number of carbonyl (C=O) groups is 1. The number of anilines is 1. The van der Waals surface area contributed by atoms with Crippen molar-refractivity contribution >= 4 is 11.7 Å². The van der Waals surface area contributed by atoms with E-state index in [-0.39, 0.29) is 5.91 Å². The lowest BCUT2D eigenvalue weighted by Gasteiger charge is -2.30. The van der Waals surface area contributed by atoms with Gasteiger partial charge in [0, 0.05) is 19.1 Å². The number of hydrogen-bond acceptors (Lipinski definition) is 3. The SMILES string of the molecule is CCNc1cccc(C(=O)N(CC(C)C)C2CCCC2)n1. The molecule has 1 aliphatic carbocycles. The molecule has 1 amide bonds. The lowest BCUT2D eigenvalue weighted by molar-refractivity contribution is 0.0649. The van der Waals surface area contributed by atoms with Crippen LogP contribution in [0.1, 0.15) is 56.9 Å². The Balaban J connectivity index is 2.18. The molecule has 1 aromatic rings. The van der Waals surface area contributed by atoms with Crippen LogP contribution < -0.4 is 5.32 Å². The van der Waals surface area contributed by atoms with Crippen molar-refractivity contribution in [1.82, 2.24) is 9.88 Å². The highest BCUT2D eigenvalue weighted by Crippen LogP contribution is 2.25. The molecule has 116 valence electrons. The predicted molar refractivity (Wildman–Crippen MR) is 86.5 cm³/mol. The Bertz CT molecular complexity index is 467. The highest BCUT2D eigenvalue weighted by atomic mass is 16.2. The zero-order chi connectivity index (χ0) is 15.2. The molecule has 0 spiro atoms. The van der Waals surface area contributed by atoms with E-state index < -0.39 is 0 Å². The van der Waals surface area contributed by atoms with Gasteiger partial charge in [0.1, 0.15) is 11.5 Å². The van der Waals surface area contributed by atoms with Crippen LogP contribution >= 0.6 is 0 Å². The van der Waals surface area contributed by atoms with E-state index >= 15 is 0 Å². The molecular formula is C17H27N3O. The van der Waals surface area contributed by atoms with Crippen molar-refractivity contribution in [2.45, 2.75) is 52.5 Å². The summed E-state index contributed by atoms with van der Waals surface area (Å²) < 4.78 is 0. The molecule has 4 heteroatoms. The first-order valence-electron chi connectivity index (χ1n) is 8.13. The molecule has 0 radical (unpaired) electrons. The average molecular weight is 289 g/mol. The first-order valence-corrected chi connectivity index (χ1v) is 8.13. The van der Waals surface area contributed by atoms with E-state index in [9.17, 15) is 4.79 Å². The van der Waals surface area contributed by atoms with Gasteiger partial charge < -0.3 is 10.2 Å². The number of rotatable bonds is 6. The zero-order valence-corrected chi connectivity index (χ0v) is 13.4. The van der Waals surface area contributed by atoms with Gasteiger partial charge in [0.15, 0.2) is 0 Å². The number of nitrogens with one attached hydrogen (secondary N) is 1. The highest BCUT2D eigenvalue weighted by Gasteiger charge is 2.28. The normalized spacial score (nSPS) is 15.4. The van der Waals surface area contributed by atoms with Crippen LogP contribution in [0.25, 0.3) is 0 Å². The van der Waals surface area contributed by atoms with Crippen LogP contribution in [-0.4, -0.2) is 34.9 Å². The Labute approximate surface area is 127 Å². The van der Waals surface area contributed by atoms with Crippen LogP contribution in [0, 0.1) is 5.92 Å². The van der Waals surface area contributed by atoms with Gasteiger partial charge in [-0.25, -0.2) is 4.98 Å². The molecule has 0 unspecified atom stereocenters. The fourth-order valence-corrected chi connectivity index (χ4v) is 2.99. The van der Waals surface area contributed by atoms with Gasteiger partial charge in [-0.3, -0.25) is 4.79 Å². The predicted octanol–water partition coefficient (Wildman–Crippen LogP) is 3.55. The zero-order valence-electron chi connectivity index (χ0n) is 13.4. The van der Waals surface area contributed by atoms with Crippen molar-refractivity contribution in [2.24, 2.45) is 5.92 Å². The Morgan fingerprint density at radius 2 is 2.10 bits per heavy atom. The molecule has 0 aliphatic heterocycles. The summed E-state index contributed by atoms with van der Waals surface area (Å²) >= 11 is 0. The maximum atomic E-state index is 12.9. The monoisotopic (exact) mass is 289 g/mol. The Kier molecular flexibility index (Phi) is 5.59. The minimum absolute atomic E-state index is 0.0790. The van der Waals surface area contributed by atoms with Crippen LogP contribution in [0.3, 0.4) is 0 Å². The number of carbonyl (C=O) groups excluding carboxylic acids is 1. The number of aromatic nitrogens is 1. The van der Waals surface area contributed by atoms with Gasteiger partial charge in [-0.2, -0.15) is 0 Å². The van der Waals surface area contributed by atoms with Gasteiger partial charge in [0.2, 0.25) is 0 Å². The van der Waals surface area contributed by atoms with E-state index in [2.05, 4.69) is 29.0 Å². The number of amides is 1. The molecule has 1 heterocycles. The van der Waals surface area contributed by atoms with Crippen molar-refractivity contribution in [3.05, 3.63) is 23.9 Å². The van der Waals surface area contributed by atoms with Crippen molar-refractivity contribution < 1.29 is 4.79 Å². The van der Waals surface area contributed by atoms with Gasteiger partial charge in [0.05, 0.1) is 0 Å². The molecule has 4 nitrogen and oxygen atoms in total. The second-order valence-corrected chi connectivity index (χ2v) is 6.23. The molecule has 0 saturated heterocycles. The largest absolute Gasteiger partial charge is 0.370 e. The molecule has 1 N–H and O–H groups in total. The van der Waals surface area contributed by atoms with Gasteiger partial charge in [-0.15, -0.1) is 0 Å². The summed E-state index contributed by atoms with van der Waals surface area (Å²) in [7, 11) is 0. The maximum Gasteiger partial charge on any atom is 0.272 e. The third kappa shape index (κ3) is 4.19. The average Bonchev–Trinajstić information content (AvgIpc) is 2.98. The molecule has 1 aromatic heterocycles. The third-order valence-corrected chi connectivity index (χ3v) is 3.91. The fraction of sp³-hybridized carbons (Fsp3) is 0.647. The second-order valence-electron chi connectivity index (χ2n) is 6.23. The van der Waals surface area contributed by atoms with Crippen LogP contribution in [0.15, 0.2) is 18.2 Å². The number of hydrogen-bond donors (Lipinski definition) is 1. The van der Waals surface area contributed by atoms with Crippen LogP contribution in [0.2, 0.25) is 0 Å². The van der Waals surface area contributed by atoms with E-state index in [1.165, 1.54) is 12.8 Å². The van der Waals surface area contributed by atoms with E-state index in [1.807, 2.05) is 25.1 Å². The molecule has 1 saturated carbocycles. The standard InChI is InChI=1S/C17H27N3O/c1-4-18-16-11-7-10-15(19-16)17(21)20(12-13(2)3)14-8-5-6-9-14/h7,10-11,13-14H,4-6,8-9,12H2,1-3H3,(H,18,19). The highest BCUT2D eigenvalue weighted by molar-refractivity contribution is 5.93. The van der Waals surface area contributed by atoms with Crippen LogP contribution in [-0.2, 0) is 0 Å². The minimum atomic E-state index is 0.0790. The van der Waals surface area contributed by atoms with Crippen LogP contribution in [0.4, 0.5) is 5.82 Å². The Morgan fingerprint density at radius 1 is 1.38 bits per heavy atom. The number of pyridine rings is 1. The molecule has 1 aliphatic rings. The van der Waals surface area contributed by atoms with Crippen molar-refractivity contribution in [3.8, 4) is 0 Å². The number of nitrogens with zero attached hydrogens (tertiary/aromatic N) is 2. The summed E-state index contributed by atoms with van der Waals surface area (Å²) in [5.74, 6) is 1.33. The lowest BCUT2D eigenvalue weighted by atomic mass is 10.1. The second kappa shape index (κ2) is 7.43. The van der Waals surface area contributed by atoms with Gasteiger partial charge in [0.25, 0.3) is 5.91 Å². The van der Waals surface area contributed by atoms with Crippen LogP contribution in [0.5, 0.6) is 0 Å². The quantitative estimate of drug-likeness (QED) is 0.871. The first kappa shape index (κ1) is 15.8. The van der Waals surface area contributed by atoms with E-state index in [0.29, 0.717) is 17.7 Å². The molecule has 0 atom stereocenters. The molecule has 0 aromatic carbocycles. The van der Waals surface area contributed by atoms with Gasteiger partial charge in [-0.05, 0) is 37.8 Å². The van der Waals surface area contributed by atoms with Crippen molar-refractivity contribution in [1.29, 1.82) is 0 Å². The van der Waals surface area contributed by atoms with E-state index in [4.69, 9.17) is 0 Å². The summed E-state index contributed by atoms with van der Waals surface area (Å²) in [5, 5.41) is 3.17. The van der Waals surface area contributed by atoms with E-state index in [0.717, 1.165) is 31.7 Å². The topological polar surface area (TPSA) is 45.2 Å². The molecule has 1 fully saturated rings. The summed E-state index contributed by atoms with van der Waals surface area (Å²) in [6, 6.07) is 6.03. The molecule has 21 heavy (non-hydrogen) atoms. The van der Waals surface area contributed by atoms with Crippen molar-refractivity contribution in [2.75, 3.05) is 18.4 Å². The van der Waals surface area contributed by atoms with Crippen molar-refractivity contribution in [3.63, 3.8) is 0 Å². The van der Waals surface area contributed by atoms with Gasteiger partial charge in [-0.1, -0.05) is 32.8 Å². The minimum Gasteiger partial charge on any atom is -0.370 e. The first-order chi connectivity index (χ1) is 10.1. The summed E-state index contributed by atoms with van der Waals surface area (Å²) in [5.41, 5.74) is 0.556. The molecule has 2 rings (SSSR count). The maximum absolute atomic E-state index is 12.9. The lowest BCUT2D eigenvalue weighted by Crippen LogP contribution is -2.41. The Morgan fingerprint density at radius 3 is 2.71 bits per heavy atom. The summed E-state index contributed by atoms with van der Waals surface area (Å²) in [6.07, 6.45) is 4.73. The smallest absolute Gasteiger partial charge is 0.272 e. The van der Waals surface area contributed by atoms with E-state index in [1.54, 1.807) is 0 Å². The molecule has 0 bridgehead atoms. The third-order valence-electron chi connectivity index (χ3n) is 3.91. The summed E-state index contributed by atoms with van der Waals surface area (Å²) in [4.78, 5) is 19.4. The fourth-order valence-electron chi connectivity index (χ4n) is 2.99. The van der Waals surface area contributed by atoms with Gasteiger partial charge >= 0.3 is 0 Å².